The summed E-state index contributed by atoms with van der Waals surface area (Å²) in [6, 6.07) is 9.35. The van der Waals surface area contributed by atoms with Gasteiger partial charge in [-0.2, -0.15) is 0 Å². The van der Waals surface area contributed by atoms with Gasteiger partial charge in [0, 0.05) is 12.2 Å². The van der Waals surface area contributed by atoms with Gasteiger partial charge >= 0.3 is 6.03 Å². The van der Waals surface area contributed by atoms with E-state index in [1.807, 2.05) is 44.2 Å². The second-order valence-corrected chi connectivity index (χ2v) is 5.96. The number of benzene rings is 2. The van der Waals surface area contributed by atoms with Crippen molar-refractivity contribution in [2.45, 2.75) is 20.3 Å². The van der Waals surface area contributed by atoms with E-state index in [2.05, 4.69) is 10.6 Å². The Labute approximate surface area is 154 Å². The molecule has 2 aromatic rings. The average Bonchev–Trinajstić information content (AvgIpc) is 2.63. The van der Waals surface area contributed by atoms with Gasteiger partial charge in [0.2, 0.25) is 5.75 Å². The molecule has 0 spiro atoms. The zero-order valence-corrected chi connectivity index (χ0v) is 15.9. The minimum atomic E-state index is -0.235. The van der Waals surface area contributed by atoms with Crippen LogP contribution in [0.15, 0.2) is 30.3 Å². The first-order valence-electron chi connectivity index (χ1n) is 8.39. The third-order valence-corrected chi connectivity index (χ3v) is 4.19. The fourth-order valence-corrected chi connectivity index (χ4v) is 2.59. The number of urea groups is 1. The topological polar surface area (TPSA) is 68.8 Å². The highest BCUT2D eigenvalue weighted by molar-refractivity contribution is 5.89. The maximum absolute atomic E-state index is 12.1. The van der Waals surface area contributed by atoms with Crippen LogP contribution in [0.3, 0.4) is 0 Å². The zero-order chi connectivity index (χ0) is 19.1. The van der Waals surface area contributed by atoms with E-state index in [0.717, 1.165) is 16.8 Å². The number of nitrogens with one attached hydrogen (secondary N) is 2. The third-order valence-electron chi connectivity index (χ3n) is 4.19. The predicted molar refractivity (Wildman–Crippen MR) is 103 cm³/mol. The number of rotatable bonds is 7. The lowest BCUT2D eigenvalue weighted by Gasteiger charge is -2.14. The summed E-state index contributed by atoms with van der Waals surface area (Å²) >= 11 is 0. The van der Waals surface area contributed by atoms with E-state index in [1.54, 1.807) is 21.3 Å². The monoisotopic (exact) mass is 358 g/mol. The smallest absolute Gasteiger partial charge is 0.319 e. The van der Waals surface area contributed by atoms with Crippen LogP contribution in [-0.2, 0) is 6.42 Å². The Balaban J connectivity index is 1.94. The number of hydrogen-bond donors (Lipinski definition) is 2. The van der Waals surface area contributed by atoms with Crippen LogP contribution < -0.4 is 24.8 Å². The molecule has 0 fully saturated rings. The molecular weight excluding hydrogens is 332 g/mol. The number of methoxy groups -OCH3 is 3. The Hall–Kier alpha value is -2.89. The first kappa shape index (κ1) is 19.4. The van der Waals surface area contributed by atoms with Crippen molar-refractivity contribution in [1.82, 2.24) is 5.32 Å². The molecule has 0 radical (unpaired) electrons. The molecular formula is C20H26N2O4. The van der Waals surface area contributed by atoms with Crippen molar-refractivity contribution >= 4 is 11.7 Å². The van der Waals surface area contributed by atoms with Crippen LogP contribution in [0.2, 0.25) is 0 Å². The number of carbonyl (C=O) groups is 1. The molecule has 0 atom stereocenters. The number of carbonyl (C=O) groups excluding carboxylic acids is 1. The Morgan fingerprint density at radius 1 is 0.923 bits per heavy atom. The van der Waals surface area contributed by atoms with Crippen LogP contribution in [0.5, 0.6) is 17.2 Å². The van der Waals surface area contributed by atoms with Crippen LogP contribution in [-0.4, -0.2) is 33.9 Å². The molecule has 26 heavy (non-hydrogen) atoms. The zero-order valence-electron chi connectivity index (χ0n) is 15.9. The van der Waals surface area contributed by atoms with E-state index >= 15 is 0 Å². The van der Waals surface area contributed by atoms with Crippen molar-refractivity contribution in [3.8, 4) is 17.2 Å². The van der Waals surface area contributed by atoms with Gasteiger partial charge in [0.15, 0.2) is 11.5 Å². The van der Waals surface area contributed by atoms with E-state index in [1.165, 1.54) is 5.56 Å². The number of amides is 2. The standard InChI is InChI=1S/C20H26N2O4/c1-13-6-7-16(10-14(13)2)22-20(23)21-9-8-15-11-17(24-3)19(26-5)18(12-15)25-4/h6-7,10-12H,8-9H2,1-5H3,(H2,21,22,23). The second kappa shape index (κ2) is 8.99. The molecule has 6 heteroatoms. The van der Waals surface area contributed by atoms with E-state index in [0.29, 0.717) is 30.2 Å². The molecule has 2 aromatic carbocycles. The van der Waals surface area contributed by atoms with Gasteiger partial charge in [0.1, 0.15) is 0 Å². The lowest BCUT2D eigenvalue weighted by Crippen LogP contribution is -2.30. The minimum absolute atomic E-state index is 0.235. The van der Waals surface area contributed by atoms with Crippen LogP contribution in [0.4, 0.5) is 10.5 Å². The molecule has 0 saturated carbocycles. The molecule has 2 N–H and O–H groups in total. The molecule has 0 saturated heterocycles. The number of aryl methyl sites for hydroxylation is 2. The predicted octanol–water partition coefficient (Wildman–Crippen LogP) is 3.69. The molecule has 0 aromatic heterocycles. The van der Waals surface area contributed by atoms with E-state index in [9.17, 15) is 4.79 Å². The average molecular weight is 358 g/mol. The molecule has 0 bridgehead atoms. The van der Waals surface area contributed by atoms with Crippen LogP contribution in [0.25, 0.3) is 0 Å². The molecule has 0 aliphatic carbocycles. The summed E-state index contributed by atoms with van der Waals surface area (Å²) in [6.07, 6.45) is 0.636. The minimum Gasteiger partial charge on any atom is -0.493 e. The molecule has 0 aliphatic rings. The Morgan fingerprint density at radius 3 is 2.12 bits per heavy atom. The van der Waals surface area contributed by atoms with Gasteiger partial charge < -0.3 is 24.8 Å². The number of hydrogen-bond acceptors (Lipinski definition) is 4. The summed E-state index contributed by atoms with van der Waals surface area (Å²) in [7, 11) is 4.73. The lowest BCUT2D eigenvalue weighted by molar-refractivity contribution is 0.252. The van der Waals surface area contributed by atoms with E-state index in [-0.39, 0.29) is 6.03 Å². The molecule has 0 heterocycles. The Kier molecular flexibility index (Phi) is 6.72. The second-order valence-electron chi connectivity index (χ2n) is 5.96. The van der Waals surface area contributed by atoms with Crippen LogP contribution >= 0.6 is 0 Å². The Morgan fingerprint density at radius 2 is 1.58 bits per heavy atom. The van der Waals surface area contributed by atoms with Crippen molar-refractivity contribution in [1.29, 1.82) is 0 Å². The van der Waals surface area contributed by atoms with Crippen molar-refractivity contribution in [2.24, 2.45) is 0 Å². The van der Waals surface area contributed by atoms with Gasteiger partial charge in [-0.1, -0.05) is 6.07 Å². The van der Waals surface area contributed by atoms with Gasteiger partial charge in [-0.25, -0.2) is 4.79 Å². The van der Waals surface area contributed by atoms with Gasteiger partial charge in [-0.3, -0.25) is 0 Å². The van der Waals surface area contributed by atoms with Gasteiger partial charge in [-0.15, -0.1) is 0 Å². The van der Waals surface area contributed by atoms with Crippen LogP contribution in [0.1, 0.15) is 16.7 Å². The molecule has 6 nitrogen and oxygen atoms in total. The Bertz CT molecular complexity index is 749. The van der Waals surface area contributed by atoms with E-state index < -0.39 is 0 Å². The SMILES string of the molecule is COc1cc(CCNC(=O)Nc2ccc(C)c(C)c2)cc(OC)c1OC. The van der Waals surface area contributed by atoms with Gasteiger partial charge in [0.25, 0.3) is 0 Å². The first-order valence-corrected chi connectivity index (χ1v) is 8.39. The summed E-state index contributed by atoms with van der Waals surface area (Å²) in [6.45, 7) is 4.54. The number of ether oxygens (including phenoxy) is 3. The quantitative estimate of drug-likeness (QED) is 0.792. The highest BCUT2D eigenvalue weighted by Gasteiger charge is 2.13. The van der Waals surface area contributed by atoms with Gasteiger partial charge in [0.05, 0.1) is 21.3 Å². The van der Waals surface area contributed by atoms with Gasteiger partial charge in [-0.05, 0) is 61.2 Å². The highest BCUT2D eigenvalue weighted by atomic mass is 16.5. The van der Waals surface area contributed by atoms with Crippen LogP contribution in [0, 0.1) is 13.8 Å². The molecule has 0 aliphatic heterocycles. The first-order chi connectivity index (χ1) is 12.5. The molecule has 2 amide bonds. The summed E-state index contributed by atoms with van der Waals surface area (Å²) in [5, 5.41) is 5.69. The maximum Gasteiger partial charge on any atom is 0.319 e. The summed E-state index contributed by atoms with van der Waals surface area (Å²) in [4.78, 5) is 12.1. The largest absolute Gasteiger partial charge is 0.493 e. The molecule has 140 valence electrons. The summed E-state index contributed by atoms with van der Waals surface area (Å²) in [5.74, 6) is 1.75. The summed E-state index contributed by atoms with van der Waals surface area (Å²) < 4.78 is 16.0. The number of anilines is 1. The van der Waals surface area contributed by atoms with Crippen molar-refractivity contribution < 1.29 is 19.0 Å². The van der Waals surface area contributed by atoms with Crippen molar-refractivity contribution in [3.63, 3.8) is 0 Å². The highest BCUT2D eigenvalue weighted by Crippen LogP contribution is 2.38. The maximum atomic E-state index is 12.1. The fourth-order valence-electron chi connectivity index (χ4n) is 2.59. The molecule has 0 unspecified atom stereocenters. The third kappa shape index (κ3) is 4.81. The van der Waals surface area contributed by atoms with Crippen molar-refractivity contribution in [2.75, 3.05) is 33.2 Å². The normalized spacial score (nSPS) is 10.2. The lowest BCUT2D eigenvalue weighted by atomic mass is 10.1. The summed E-state index contributed by atoms with van der Waals surface area (Å²) in [5.41, 5.74) is 4.09. The molecule has 2 rings (SSSR count). The van der Waals surface area contributed by atoms with Crippen molar-refractivity contribution in [3.05, 3.63) is 47.0 Å². The van der Waals surface area contributed by atoms with E-state index in [4.69, 9.17) is 14.2 Å². The fraction of sp³-hybridized carbons (Fsp3) is 0.350.